The standard InChI is InChI=1S/C7H14FN/c8-4-1-2-7-3-5-9-6-7/h7,9H,1-6H2/t7-/m0/s1. The van der Waals surface area contributed by atoms with Gasteiger partial charge in [-0.25, -0.2) is 0 Å². The first-order chi connectivity index (χ1) is 4.43. The van der Waals surface area contributed by atoms with Crippen LogP contribution in [0.5, 0.6) is 0 Å². The van der Waals surface area contributed by atoms with Crippen molar-refractivity contribution in [2.75, 3.05) is 19.8 Å². The highest BCUT2D eigenvalue weighted by Gasteiger charge is 2.12. The van der Waals surface area contributed by atoms with Crippen molar-refractivity contribution >= 4 is 0 Å². The molecule has 1 fully saturated rings. The molecule has 1 atom stereocenters. The Bertz CT molecular complexity index is 69.3. The van der Waals surface area contributed by atoms with E-state index < -0.39 is 0 Å². The minimum atomic E-state index is -0.142. The van der Waals surface area contributed by atoms with Gasteiger partial charge in [-0.1, -0.05) is 0 Å². The van der Waals surface area contributed by atoms with Gasteiger partial charge in [0.15, 0.2) is 0 Å². The fourth-order valence-corrected chi connectivity index (χ4v) is 1.33. The zero-order chi connectivity index (χ0) is 6.53. The minimum Gasteiger partial charge on any atom is -0.316 e. The second-order valence-electron chi connectivity index (χ2n) is 2.69. The van der Waals surface area contributed by atoms with Crippen LogP contribution in [0.2, 0.25) is 0 Å². The van der Waals surface area contributed by atoms with Crippen molar-refractivity contribution < 1.29 is 4.39 Å². The summed E-state index contributed by atoms with van der Waals surface area (Å²) in [7, 11) is 0. The Hall–Kier alpha value is -0.110. The van der Waals surface area contributed by atoms with Crippen LogP contribution in [0.15, 0.2) is 0 Å². The predicted molar refractivity (Wildman–Crippen MR) is 36.2 cm³/mol. The van der Waals surface area contributed by atoms with Gasteiger partial charge in [0, 0.05) is 0 Å². The van der Waals surface area contributed by atoms with E-state index in [9.17, 15) is 4.39 Å². The highest BCUT2D eigenvalue weighted by atomic mass is 19.1. The number of halogens is 1. The van der Waals surface area contributed by atoms with Gasteiger partial charge in [0.1, 0.15) is 0 Å². The van der Waals surface area contributed by atoms with Gasteiger partial charge in [-0.15, -0.1) is 0 Å². The van der Waals surface area contributed by atoms with Crippen LogP contribution >= 0.6 is 0 Å². The summed E-state index contributed by atoms with van der Waals surface area (Å²) < 4.78 is 11.6. The molecule has 0 aromatic rings. The van der Waals surface area contributed by atoms with E-state index in [0.717, 1.165) is 31.8 Å². The maximum atomic E-state index is 11.6. The second kappa shape index (κ2) is 3.83. The number of nitrogens with one attached hydrogen (secondary N) is 1. The number of alkyl halides is 1. The summed E-state index contributed by atoms with van der Waals surface area (Å²) in [5.74, 6) is 0.765. The van der Waals surface area contributed by atoms with Crippen molar-refractivity contribution in [2.45, 2.75) is 19.3 Å². The van der Waals surface area contributed by atoms with E-state index in [-0.39, 0.29) is 6.67 Å². The van der Waals surface area contributed by atoms with Gasteiger partial charge in [0.05, 0.1) is 6.67 Å². The molecule has 1 saturated heterocycles. The first kappa shape index (κ1) is 7.00. The Kier molecular flexibility index (Phi) is 2.98. The van der Waals surface area contributed by atoms with Gasteiger partial charge in [0.25, 0.3) is 0 Å². The maximum Gasteiger partial charge on any atom is 0.0894 e. The zero-order valence-electron chi connectivity index (χ0n) is 5.70. The van der Waals surface area contributed by atoms with Gasteiger partial charge in [-0.3, -0.25) is 4.39 Å². The molecule has 2 heteroatoms. The maximum absolute atomic E-state index is 11.6. The van der Waals surface area contributed by atoms with Crippen molar-refractivity contribution in [1.82, 2.24) is 5.32 Å². The summed E-state index contributed by atoms with van der Waals surface area (Å²) in [4.78, 5) is 0. The van der Waals surface area contributed by atoms with Gasteiger partial charge in [0.2, 0.25) is 0 Å². The van der Waals surface area contributed by atoms with Crippen LogP contribution in [0.4, 0.5) is 4.39 Å². The van der Waals surface area contributed by atoms with Crippen LogP contribution in [-0.4, -0.2) is 19.8 Å². The lowest BCUT2D eigenvalue weighted by Gasteiger charge is -2.03. The fraction of sp³-hybridized carbons (Fsp3) is 1.00. The Labute approximate surface area is 55.6 Å². The first-order valence-electron chi connectivity index (χ1n) is 3.70. The normalized spacial score (nSPS) is 27.0. The molecule has 1 aliphatic heterocycles. The van der Waals surface area contributed by atoms with Crippen molar-refractivity contribution in [1.29, 1.82) is 0 Å². The summed E-state index contributed by atoms with van der Waals surface area (Å²) in [5.41, 5.74) is 0. The molecule has 0 unspecified atom stereocenters. The average Bonchev–Trinajstić information content (AvgIpc) is 2.34. The van der Waals surface area contributed by atoms with Gasteiger partial charge in [-0.05, 0) is 38.3 Å². The summed E-state index contributed by atoms with van der Waals surface area (Å²) in [6.07, 6.45) is 3.08. The predicted octanol–water partition coefficient (Wildman–Crippen LogP) is 1.35. The van der Waals surface area contributed by atoms with Crippen molar-refractivity contribution in [3.8, 4) is 0 Å². The van der Waals surface area contributed by atoms with Crippen molar-refractivity contribution in [3.05, 3.63) is 0 Å². The highest BCUT2D eigenvalue weighted by molar-refractivity contribution is 4.70. The highest BCUT2D eigenvalue weighted by Crippen LogP contribution is 2.13. The molecule has 1 heterocycles. The molecule has 0 amide bonds. The third-order valence-corrected chi connectivity index (χ3v) is 1.91. The number of hydrogen-bond donors (Lipinski definition) is 1. The van der Waals surface area contributed by atoms with E-state index in [2.05, 4.69) is 5.32 Å². The minimum absolute atomic E-state index is 0.142. The van der Waals surface area contributed by atoms with Crippen molar-refractivity contribution in [2.24, 2.45) is 5.92 Å². The Morgan fingerprint density at radius 1 is 1.56 bits per heavy atom. The summed E-state index contributed by atoms with van der Waals surface area (Å²) in [5, 5.41) is 3.26. The lowest BCUT2D eigenvalue weighted by Crippen LogP contribution is -2.08. The van der Waals surface area contributed by atoms with Crippen LogP contribution in [0.1, 0.15) is 19.3 Å². The fourth-order valence-electron chi connectivity index (χ4n) is 1.33. The lowest BCUT2D eigenvalue weighted by atomic mass is 10.0. The van der Waals surface area contributed by atoms with E-state index >= 15 is 0 Å². The Morgan fingerprint density at radius 2 is 2.44 bits per heavy atom. The molecule has 54 valence electrons. The summed E-state index contributed by atoms with van der Waals surface area (Å²) in [6, 6.07) is 0. The molecule has 0 spiro atoms. The number of hydrogen-bond acceptors (Lipinski definition) is 1. The molecule has 0 radical (unpaired) electrons. The van der Waals surface area contributed by atoms with Gasteiger partial charge in [-0.2, -0.15) is 0 Å². The van der Waals surface area contributed by atoms with Gasteiger partial charge < -0.3 is 5.32 Å². The SMILES string of the molecule is FCCC[C@H]1CCNC1. The molecule has 9 heavy (non-hydrogen) atoms. The molecule has 1 rings (SSSR count). The molecule has 0 saturated carbocycles. The Morgan fingerprint density at radius 3 is 3.00 bits per heavy atom. The first-order valence-corrected chi connectivity index (χ1v) is 3.70. The molecule has 1 aliphatic rings. The molecule has 1 N–H and O–H groups in total. The van der Waals surface area contributed by atoms with Crippen molar-refractivity contribution in [3.63, 3.8) is 0 Å². The number of rotatable bonds is 3. The molecule has 0 bridgehead atoms. The summed E-state index contributed by atoms with van der Waals surface area (Å²) >= 11 is 0. The van der Waals surface area contributed by atoms with Crippen LogP contribution in [0.25, 0.3) is 0 Å². The average molecular weight is 131 g/mol. The monoisotopic (exact) mass is 131 g/mol. The van der Waals surface area contributed by atoms with E-state index in [1.165, 1.54) is 6.42 Å². The summed E-state index contributed by atoms with van der Waals surface area (Å²) in [6.45, 7) is 2.10. The molecular weight excluding hydrogens is 117 g/mol. The second-order valence-corrected chi connectivity index (χ2v) is 2.69. The molecule has 0 aromatic carbocycles. The van der Waals surface area contributed by atoms with E-state index in [4.69, 9.17) is 0 Å². The Balaban J connectivity index is 1.98. The van der Waals surface area contributed by atoms with Gasteiger partial charge >= 0.3 is 0 Å². The van der Waals surface area contributed by atoms with Crippen LogP contribution in [0, 0.1) is 5.92 Å². The van der Waals surface area contributed by atoms with E-state index in [0.29, 0.717) is 0 Å². The van der Waals surface area contributed by atoms with Crippen LogP contribution in [0.3, 0.4) is 0 Å². The molecule has 1 nitrogen and oxygen atoms in total. The van der Waals surface area contributed by atoms with Crippen LogP contribution in [-0.2, 0) is 0 Å². The molecule has 0 aliphatic carbocycles. The molecular formula is C7H14FN. The largest absolute Gasteiger partial charge is 0.316 e. The van der Waals surface area contributed by atoms with E-state index in [1.54, 1.807) is 0 Å². The quantitative estimate of drug-likeness (QED) is 0.609. The molecule has 0 aromatic heterocycles. The zero-order valence-corrected chi connectivity index (χ0v) is 5.70. The smallest absolute Gasteiger partial charge is 0.0894 e. The van der Waals surface area contributed by atoms with E-state index in [1.807, 2.05) is 0 Å². The van der Waals surface area contributed by atoms with Crippen LogP contribution < -0.4 is 5.32 Å². The third kappa shape index (κ3) is 2.31. The topological polar surface area (TPSA) is 12.0 Å². The third-order valence-electron chi connectivity index (χ3n) is 1.91. The lowest BCUT2D eigenvalue weighted by molar-refractivity contribution is 0.417.